The number of pyridine rings is 1. The molecule has 0 radical (unpaired) electrons. The van der Waals surface area contributed by atoms with Gasteiger partial charge in [-0.25, -0.2) is 22.8 Å². The van der Waals surface area contributed by atoms with Gasteiger partial charge in [-0.05, 0) is 40.5 Å². The van der Waals surface area contributed by atoms with Gasteiger partial charge in [0, 0.05) is 46.9 Å². The summed E-state index contributed by atoms with van der Waals surface area (Å²) in [5.41, 5.74) is 0.523. The zero-order valence-corrected chi connectivity index (χ0v) is 26.7. The lowest BCUT2D eigenvalue weighted by atomic mass is 9.95. The molecule has 5 heterocycles. The molecule has 15 heteroatoms. The zero-order chi connectivity index (χ0) is 31.9. The molecule has 3 saturated heterocycles. The number of hydrogen-bond acceptors (Lipinski definition) is 9. The first kappa shape index (κ1) is 31.3. The fourth-order valence-electron chi connectivity index (χ4n) is 5.72. The number of carbonyl (C=O) groups is 1. The fraction of sp³-hybridized carbons (Fsp3) is 0.355. The van der Waals surface area contributed by atoms with Crippen LogP contribution in [-0.4, -0.2) is 81.3 Å². The van der Waals surface area contributed by atoms with Crippen molar-refractivity contribution in [2.45, 2.75) is 47.4 Å². The number of nitrogens with zero attached hydrogens (tertiary/aromatic N) is 5. The Hall–Kier alpha value is -3.34. The summed E-state index contributed by atoms with van der Waals surface area (Å²) in [4.78, 5) is 20.0. The molecular weight excluding hydrogens is 691 g/mol. The predicted molar refractivity (Wildman–Crippen MR) is 162 cm³/mol. The highest BCUT2D eigenvalue weighted by atomic mass is 79.9. The third kappa shape index (κ3) is 5.95. The van der Waals surface area contributed by atoms with Gasteiger partial charge in [-0.15, -0.1) is 5.10 Å². The van der Waals surface area contributed by atoms with E-state index in [2.05, 4.69) is 31.2 Å². The van der Waals surface area contributed by atoms with Crippen LogP contribution in [0.25, 0.3) is 11.3 Å². The maximum atomic E-state index is 14.1. The molecular formula is C31H27BrF3N5O5S. The van der Waals surface area contributed by atoms with Gasteiger partial charge in [0.2, 0.25) is 0 Å². The minimum absolute atomic E-state index is 0.00979. The number of fused-ring (bicyclic) bond motifs is 1. The van der Waals surface area contributed by atoms with Gasteiger partial charge in [0.05, 0.1) is 12.8 Å². The summed E-state index contributed by atoms with van der Waals surface area (Å²) >= 11 is 4.75. The Morgan fingerprint density at radius 3 is 2.54 bits per heavy atom. The maximum absolute atomic E-state index is 14.1. The summed E-state index contributed by atoms with van der Waals surface area (Å²) in [6.45, 7) is 1.50. The molecule has 3 fully saturated rings. The van der Waals surface area contributed by atoms with E-state index in [0.29, 0.717) is 28.2 Å². The number of hydrogen-bond donors (Lipinski definition) is 0. The largest absolute Gasteiger partial charge is 0.375 e. The van der Waals surface area contributed by atoms with Crippen molar-refractivity contribution in [2.24, 2.45) is 0 Å². The van der Waals surface area contributed by atoms with E-state index >= 15 is 0 Å². The predicted octanol–water partition coefficient (Wildman–Crippen LogP) is 5.55. The van der Waals surface area contributed by atoms with Gasteiger partial charge in [0.1, 0.15) is 41.2 Å². The van der Waals surface area contributed by atoms with Crippen LogP contribution < -0.4 is 0 Å². The summed E-state index contributed by atoms with van der Waals surface area (Å²) in [5, 5.41) is 8.46. The number of thioether (sulfide) groups is 1. The second kappa shape index (κ2) is 13.0. The number of likely N-dealkylation sites (tertiary alicyclic amines) is 1. The van der Waals surface area contributed by atoms with E-state index < -0.39 is 53.5 Å². The summed E-state index contributed by atoms with van der Waals surface area (Å²) in [5.74, 6) is -4.42. The van der Waals surface area contributed by atoms with Crippen molar-refractivity contribution < 1.29 is 36.9 Å². The van der Waals surface area contributed by atoms with E-state index in [0.717, 1.165) is 24.1 Å². The van der Waals surface area contributed by atoms with Crippen LogP contribution in [0, 0.1) is 17.5 Å². The molecule has 3 aliphatic rings. The molecule has 4 aromatic rings. The number of methoxy groups -OCH3 is 1. The van der Waals surface area contributed by atoms with Crippen molar-refractivity contribution >= 4 is 33.6 Å². The normalized spacial score (nSPS) is 26.0. The molecule has 6 atom stereocenters. The van der Waals surface area contributed by atoms with Gasteiger partial charge >= 0.3 is 0 Å². The van der Waals surface area contributed by atoms with Crippen molar-refractivity contribution in [3.8, 4) is 11.3 Å². The van der Waals surface area contributed by atoms with Crippen LogP contribution in [0.1, 0.15) is 34.8 Å². The van der Waals surface area contributed by atoms with Crippen LogP contribution in [0.4, 0.5) is 13.2 Å². The molecule has 7 rings (SSSR count). The molecule has 4 unspecified atom stereocenters. The van der Waals surface area contributed by atoms with Crippen molar-refractivity contribution in [3.05, 3.63) is 94.1 Å². The van der Waals surface area contributed by atoms with Gasteiger partial charge in [-0.3, -0.25) is 4.79 Å². The Morgan fingerprint density at radius 1 is 1.09 bits per heavy atom. The molecule has 0 spiro atoms. The number of benzene rings is 2. The van der Waals surface area contributed by atoms with Crippen LogP contribution in [0.2, 0.25) is 0 Å². The molecule has 2 aromatic heterocycles. The molecule has 0 aliphatic carbocycles. The topological polar surface area (TPSA) is 101 Å². The molecule has 3 aliphatic heterocycles. The highest BCUT2D eigenvalue weighted by Crippen LogP contribution is 2.45. The van der Waals surface area contributed by atoms with Gasteiger partial charge in [-0.1, -0.05) is 47.3 Å². The Morgan fingerprint density at radius 2 is 1.85 bits per heavy atom. The third-order valence-corrected chi connectivity index (χ3v) is 9.77. The average molecular weight is 719 g/mol. The molecule has 2 aromatic carbocycles. The first-order valence-electron chi connectivity index (χ1n) is 14.5. The van der Waals surface area contributed by atoms with Gasteiger partial charge in [-0.2, -0.15) is 0 Å². The first-order chi connectivity index (χ1) is 22.3. The lowest BCUT2D eigenvalue weighted by molar-refractivity contribution is -0.308. The molecule has 240 valence electrons. The van der Waals surface area contributed by atoms with E-state index in [1.807, 2.05) is 36.4 Å². The molecule has 10 nitrogen and oxygen atoms in total. The quantitative estimate of drug-likeness (QED) is 0.228. The van der Waals surface area contributed by atoms with Crippen molar-refractivity contribution in [1.29, 1.82) is 0 Å². The van der Waals surface area contributed by atoms with Gasteiger partial charge < -0.3 is 23.8 Å². The number of halogens is 4. The second-order valence-corrected chi connectivity index (χ2v) is 13.1. The van der Waals surface area contributed by atoms with E-state index in [4.69, 9.17) is 18.9 Å². The fourth-order valence-corrected chi connectivity index (χ4v) is 7.50. The van der Waals surface area contributed by atoms with Crippen LogP contribution in [-0.2, 0) is 18.9 Å². The van der Waals surface area contributed by atoms with Crippen molar-refractivity contribution in [2.75, 3.05) is 26.8 Å². The van der Waals surface area contributed by atoms with Crippen LogP contribution >= 0.6 is 27.7 Å². The number of aromatic nitrogens is 4. The lowest BCUT2D eigenvalue weighted by Gasteiger charge is -2.48. The summed E-state index contributed by atoms with van der Waals surface area (Å²) in [6.07, 6.45) is 1.31. The van der Waals surface area contributed by atoms with Crippen LogP contribution in [0.5, 0.6) is 0 Å². The van der Waals surface area contributed by atoms with Gasteiger partial charge in [0.15, 0.2) is 23.7 Å². The second-order valence-electron chi connectivity index (χ2n) is 11.0. The highest BCUT2D eigenvalue weighted by molar-refractivity contribution is 9.10. The Kier molecular flexibility index (Phi) is 8.87. The van der Waals surface area contributed by atoms with Crippen molar-refractivity contribution in [3.63, 3.8) is 0 Å². The van der Waals surface area contributed by atoms with Crippen LogP contribution in [0.3, 0.4) is 0 Å². The van der Waals surface area contributed by atoms with E-state index in [-0.39, 0.29) is 23.8 Å². The maximum Gasteiger partial charge on any atom is 0.273 e. The van der Waals surface area contributed by atoms with Crippen molar-refractivity contribution in [1.82, 2.24) is 24.9 Å². The van der Waals surface area contributed by atoms with Gasteiger partial charge in [0.25, 0.3) is 5.91 Å². The summed E-state index contributed by atoms with van der Waals surface area (Å²) in [6, 6.07) is 12.3. The number of amides is 1. The third-order valence-electron chi connectivity index (χ3n) is 8.16. The average Bonchev–Trinajstić information content (AvgIpc) is 3.52. The van der Waals surface area contributed by atoms with E-state index in [1.165, 1.54) is 29.8 Å². The molecule has 46 heavy (non-hydrogen) atoms. The highest BCUT2D eigenvalue weighted by Gasteiger charge is 2.52. The summed E-state index contributed by atoms with van der Waals surface area (Å²) < 4.78 is 69.3. The number of carbonyl (C=O) groups excluding carboxylic acids is 1. The Bertz CT molecular complexity index is 1730. The minimum atomic E-state index is -1.57. The molecule has 0 N–H and O–H groups in total. The van der Waals surface area contributed by atoms with E-state index in [1.54, 1.807) is 11.1 Å². The molecule has 1 amide bonds. The Labute approximate surface area is 274 Å². The number of rotatable bonds is 7. The summed E-state index contributed by atoms with van der Waals surface area (Å²) in [7, 11) is 1.52. The zero-order valence-electron chi connectivity index (χ0n) is 24.3. The SMILES string of the molecule is COC1C(n2cc(-c3cc(F)c(F)c(F)c3)nn2)[C@H]2OC(c3ccccc3)OCC2O[C@@H]1Sc1cc(Br)cnc1C(=O)N1CCC1. The van der Waals surface area contributed by atoms with Crippen LogP contribution in [0.15, 0.2) is 70.3 Å². The standard InChI is InChI=1S/C31H27BrF3N5O5S/c1-42-28-26(40-14-21(37-38-40)17-10-19(33)24(35)20(34)11-17)27-22(15-43-30(45-27)16-6-3-2-4-7-16)44-31(28)46-23-12-18(32)13-36-25(23)29(41)39-8-5-9-39/h2-4,6-7,10-14,22,26-28,30-31H,5,8-9,15H2,1H3/t22?,26?,27-,28?,30?,31+/m0/s1. The minimum Gasteiger partial charge on any atom is -0.375 e. The number of ether oxygens (including phenoxy) is 4. The molecule has 0 bridgehead atoms. The monoisotopic (exact) mass is 717 g/mol. The lowest BCUT2D eigenvalue weighted by Crippen LogP contribution is -2.59. The first-order valence-corrected chi connectivity index (χ1v) is 16.2. The molecule has 0 saturated carbocycles. The smallest absolute Gasteiger partial charge is 0.273 e. The van der Waals surface area contributed by atoms with E-state index in [9.17, 15) is 18.0 Å². The Balaban J connectivity index is 1.25.